The molecule has 0 saturated carbocycles. The zero-order valence-electron chi connectivity index (χ0n) is 8.00. The van der Waals surface area contributed by atoms with Crippen molar-refractivity contribution in [2.24, 2.45) is 5.73 Å². The van der Waals surface area contributed by atoms with E-state index in [4.69, 9.17) is 17.3 Å². The average Bonchev–Trinajstić information content (AvgIpc) is 2.21. The Bertz CT molecular complexity index is 425. The summed E-state index contributed by atoms with van der Waals surface area (Å²) in [5.41, 5.74) is 6.34. The minimum absolute atomic E-state index is 0.178. The second kappa shape index (κ2) is 5.43. The first kappa shape index (κ1) is 12.4. The number of amides is 2. The van der Waals surface area contributed by atoms with Crippen LogP contribution in [0.15, 0.2) is 18.2 Å². The van der Waals surface area contributed by atoms with Crippen LogP contribution in [0.1, 0.15) is 10.4 Å². The third-order valence-corrected chi connectivity index (χ3v) is 1.87. The van der Waals surface area contributed by atoms with Gasteiger partial charge in [-0.1, -0.05) is 17.7 Å². The Morgan fingerprint density at radius 3 is 2.81 bits per heavy atom. The molecule has 0 heterocycles. The maximum atomic E-state index is 13.3. The number of hydrogen-bond acceptors (Lipinski definition) is 3. The molecule has 1 aromatic carbocycles. The molecule has 86 valence electrons. The van der Waals surface area contributed by atoms with Crippen molar-refractivity contribution in [3.8, 4) is 0 Å². The van der Waals surface area contributed by atoms with Crippen LogP contribution < -0.4 is 11.2 Å². The van der Waals surface area contributed by atoms with Crippen LogP contribution in [-0.4, -0.2) is 18.4 Å². The van der Waals surface area contributed by atoms with E-state index in [1.165, 1.54) is 18.2 Å². The summed E-state index contributed by atoms with van der Waals surface area (Å²) >= 11 is 5.47. The van der Waals surface area contributed by atoms with E-state index in [0.29, 0.717) is 0 Å². The lowest BCUT2D eigenvalue weighted by atomic mass is 10.2. The molecule has 0 saturated heterocycles. The number of halogens is 2. The molecule has 0 aliphatic carbocycles. The monoisotopic (exact) mass is 246 g/mol. The van der Waals surface area contributed by atoms with Crippen molar-refractivity contribution in [3.63, 3.8) is 0 Å². The lowest BCUT2D eigenvalue weighted by molar-refractivity contribution is -0.124. The van der Waals surface area contributed by atoms with Crippen LogP contribution in [0, 0.1) is 5.82 Å². The topological polar surface area (TPSA) is 81.4 Å². The molecule has 0 fully saturated rings. The van der Waals surface area contributed by atoms with Gasteiger partial charge in [-0.3, -0.25) is 14.4 Å². The maximum absolute atomic E-state index is 13.3. The van der Waals surface area contributed by atoms with E-state index in [0.717, 1.165) is 0 Å². The number of rotatable bonds is 4. The third-order valence-electron chi connectivity index (χ3n) is 1.58. The number of nitrogens with two attached hydrogens (primary N) is 1. The first-order valence-electron chi connectivity index (χ1n) is 4.17. The average molecular weight is 247 g/mol. The third kappa shape index (κ3) is 3.18. The summed E-state index contributed by atoms with van der Waals surface area (Å²) in [6.07, 6.45) is 0. The van der Waals surface area contributed by atoms with E-state index in [1.807, 2.05) is 5.48 Å². The Morgan fingerprint density at radius 1 is 1.50 bits per heavy atom. The van der Waals surface area contributed by atoms with Crippen LogP contribution in [0.3, 0.4) is 0 Å². The van der Waals surface area contributed by atoms with Gasteiger partial charge in [0.05, 0.1) is 10.6 Å². The molecule has 0 spiro atoms. The highest BCUT2D eigenvalue weighted by molar-refractivity contribution is 6.31. The van der Waals surface area contributed by atoms with Crippen molar-refractivity contribution in [1.29, 1.82) is 0 Å². The molecule has 5 nitrogen and oxygen atoms in total. The van der Waals surface area contributed by atoms with Crippen molar-refractivity contribution in [3.05, 3.63) is 34.6 Å². The summed E-state index contributed by atoms with van der Waals surface area (Å²) in [5.74, 6) is -2.46. The minimum atomic E-state index is -0.857. The summed E-state index contributed by atoms with van der Waals surface area (Å²) in [5, 5.41) is -0.178. The van der Waals surface area contributed by atoms with Gasteiger partial charge in [0.2, 0.25) is 5.91 Å². The summed E-state index contributed by atoms with van der Waals surface area (Å²) in [4.78, 5) is 26.0. The SMILES string of the molecule is NC(=O)CONC(=O)c1cccc(Cl)c1F. The highest BCUT2D eigenvalue weighted by atomic mass is 35.5. The summed E-state index contributed by atoms with van der Waals surface area (Å²) < 4.78 is 13.3. The van der Waals surface area contributed by atoms with Gasteiger partial charge in [-0.05, 0) is 12.1 Å². The van der Waals surface area contributed by atoms with Crippen molar-refractivity contribution in [1.82, 2.24) is 5.48 Å². The van der Waals surface area contributed by atoms with Gasteiger partial charge < -0.3 is 5.73 Å². The first-order chi connectivity index (χ1) is 7.52. The van der Waals surface area contributed by atoms with Crippen LogP contribution in [0.4, 0.5) is 4.39 Å². The molecule has 0 bridgehead atoms. The van der Waals surface area contributed by atoms with Gasteiger partial charge in [0, 0.05) is 0 Å². The molecule has 0 aromatic heterocycles. The number of carbonyl (C=O) groups is 2. The fraction of sp³-hybridized carbons (Fsp3) is 0.111. The van der Waals surface area contributed by atoms with E-state index >= 15 is 0 Å². The van der Waals surface area contributed by atoms with E-state index in [-0.39, 0.29) is 10.6 Å². The first-order valence-corrected chi connectivity index (χ1v) is 4.54. The van der Waals surface area contributed by atoms with Gasteiger partial charge >= 0.3 is 0 Å². The number of hydroxylamine groups is 1. The molecule has 7 heteroatoms. The van der Waals surface area contributed by atoms with E-state index in [9.17, 15) is 14.0 Å². The normalized spacial score (nSPS) is 9.88. The number of primary amides is 1. The van der Waals surface area contributed by atoms with Crippen LogP contribution in [0.2, 0.25) is 5.02 Å². The highest BCUT2D eigenvalue weighted by Gasteiger charge is 2.14. The zero-order valence-corrected chi connectivity index (χ0v) is 8.75. The fourth-order valence-electron chi connectivity index (χ4n) is 0.907. The lowest BCUT2D eigenvalue weighted by Gasteiger charge is -2.05. The molecule has 1 rings (SSSR count). The Hall–Kier alpha value is -1.66. The predicted octanol–water partition coefficient (Wildman–Crippen LogP) is 0.626. The van der Waals surface area contributed by atoms with Crippen molar-refractivity contribution in [2.75, 3.05) is 6.61 Å². The molecule has 1 aromatic rings. The van der Waals surface area contributed by atoms with Crippen molar-refractivity contribution >= 4 is 23.4 Å². The standard InChI is InChI=1S/C9H8ClFN2O3/c10-6-3-1-2-5(8(6)11)9(15)13-16-4-7(12)14/h1-3H,4H2,(H2,12,14)(H,13,15). The maximum Gasteiger partial charge on any atom is 0.277 e. The Balaban J connectivity index is 2.66. The number of benzene rings is 1. The quantitative estimate of drug-likeness (QED) is 0.765. The fourth-order valence-corrected chi connectivity index (χ4v) is 1.08. The number of carbonyl (C=O) groups excluding carboxylic acids is 2. The zero-order chi connectivity index (χ0) is 12.1. The second-order valence-corrected chi connectivity index (χ2v) is 3.19. The molecule has 0 atom stereocenters. The Labute approximate surface area is 95.3 Å². The Morgan fingerprint density at radius 2 is 2.19 bits per heavy atom. The van der Waals surface area contributed by atoms with Gasteiger partial charge in [0.25, 0.3) is 5.91 Å². The molecule has 16 heavy (non-hydrogen) atoms. The molecule has 0 aliphatic rings. The molecule has 0 unspecified atom stereocenters. The van der Waals surface area contributed by atoms with Crippen molar-refractivity contribution < 1.29 is 18.8 Å². The van der Waals surface area contributed by atoms with E-state index in [1.54, 1.807) is 0 Å². The van der Waals surface area contributed by atoms with Crippen LogP contribution in [0.25, 0.3) is 0 Å². The molecular formula is C9H8ClFN2O3. The van der Waals surface area contributed by atoms with E-state index < -0.39 is 24.2 Å². The molecule has 3 N–H and O–H groups in total. The predicted molar refractivity (Wildman–Crippen MR) is 54.0 cm³/mol. The molecule has 2 amide bonds. The highest BCUT2D eigenvalue weighted by Crippen LogP contribution is 2.17. The summed E-state index contributed by atoms with van der Waals surface area (Å²) in [6.45, 7) is -0.492. The number of hydrogen-bond donors (Lipinski definition) is 2. The van der Waals surface area contributed by atoms with Gasteiger partial charge in [0.15, 0.2) is 12.4 Å². The molecular weight excluding hydrogens is 239 g/mol. The van der Waals surface area contributed by atoms with Gasteiger partial charge in [-0.15, -0.1) is 0 Å². The molecule has 0 radical (unpaired) electrons. The van der Waals surface area contributed by atoms with Gasteiger partial charge in [0.1, 0.15) is 0 Å². The van der Waals surface area contributed by atoms with E-state index in [2.05, 4.69) is 4.84 Å². The van der Waals surface area contributed by atoms with Crippen LogP contribution in [0.5, 0.6) is 0 Å². The minimum Gasteiger partial charge on any atom is -0.368 e. The Kier molecular flexibility index (Phi) is 4.21. The summed E-state index contributed by atoms with van der Waals surface area (Å²) in [6, 6.07) is 3.94. The molecule has 0 aliphatic heterocycles. The smallest absolute Gasteiger partial charge is 0.277 e. The van der Waals surface area contributed by atoms with Gasteiger partial charge in [-0.2, -0.15) is 0 Å². The number of nitrogens with one attached hydrogen (secondary N) is 1. The van der Waals surface area contributed by atoms with Gasteiger partial charge in [-0.25, -0.2) is 9.87 Å². The van der Waals surface area contributed by atoms with Crippen molar-refractivity contribution in [2.45, 2.75) is 0 Å². The van der Waals surface area contributed by atoms with Crippen LogP contribution in [-0.2, 0) is 9.63 Å². The lowest BCUT2D eigenvalue weighted by Crippen LogP contribution is -2.29. The summed E-state index contributed by atoms with van der Waals surface area (Å²) in [7, 11) is 0. The van der Waals surface area contributed by atoms with Crippen LogP contribution >= 0.6 is 11.6 Å². The largest absolute Gasteiger partial charge is 0.368 e. The second-order valence-electron chi connectivity index (χ2n) is 2.79.